The Hall–Kier alpha value is -0.940. The van der Waals surface area contributed by atoms with E-state index in [1.807, 2.05) is 17.5 Å². The number of likely N-dealkylation sites (tertiary alicyclic amines) is 1. The summed E-state index contributed by atoms with van der Waals surface area (Å²) in [6.45, 7) is 2.33. The highest BCUT2D eigenvalue weighted by molar-refractivity contribution is 7.09. The molecule has 0 aromatic carbocycles. The van der Waals surface area contributed by atoms with E-state index >= 15 is 0 Å². The first-order valence-corrected chi connectivity index (χ1v) is 7.23. The summed E-state index contributed by atoms with van der Waals surface area (Å²) in [4.78, 5) is 15.0. The minimum absolute atomic E-state index is 0.0305. The number of nitrogens with one attached hydrogen (secondary N) is 1. The predicted molar refractivity (Wildman–Crippen MR) is 71.3 cm³/mol. The average molecular weight is 270 g/mol. The molecule has 0 aliphatic carbocycles. The molecule has 1 fully saturated rings. The summed E-state index contributed by atoms with van der Waals surface area (Å²) >= 11 is 1.64. The van der Waals surface area contributed by atoms with Crippen LogP contribution in [0.25, 0.3) is 0 Å². The van der Waals surface area contributed by atoms with Gasteiger partial charge in [-0.1, -0.05) is 6.07 Å². The highest BCUT2D eigenvalue weighted by Gasteiger charge is 2.21. The van der Waals surface area contributed by atoms with Crippen LogP contribution >= 0.6 is 11.3 Å². The van der Waals surface area contributed by atoms with E-state index in [0.717, 1.165) is 24.3 Å². The van der Waals surface area contributed by atoms with Gasteiger partial charge in [0.05, 0.1) is 19.8 Å². The molecule has 1 unspecified atom stereocenters. The monoisotopic (exact) mass is 270 g/mol. The van der Waals surface area contributed by atoms with Gasteiger partial charge in [0, 0.05) is 17.3 Å². The van der Waals surface area contributed by atoms with Gasteiger partial charge in [-0.3, -0.25) is 14.1 Å². The van der Waals surface area contributed by atoms with Crippen LogP contribution in [0.4, 0.5) is 4.39 Å². The first-order valence-electron chi connectivity index (χ1n) is 6.35. The van der Waals surface area contributed by atoms with Crippen LogP contribution in [-0.4, -0.2) is 37.1 Å². The molecule has 5 heteroatoms. The number of hydrogen-bond donors (Lipinski definition) is 1. The number of amides is 1. The number of rotatable bonds is 5. The maximum atomic E-state index is 12.6. The van der Waals surface area contributed by atoms with E-state index in [2.05, 4.69) is 10.2 Å². The molecule has 1 aromatic rings. The maximum Gasteiger partial charge on any atom is 0.234 e. The largest absolute Gasteiger partial charge is 0.350 e. The van der Waals surface area contributed by atoms with Crippen molar-refractivity contribution in [2.75, 3.05) is 26.3 Å². The normalized spacial score (nSPS) is 20.8. The van der Waals surface area contributed by atoms with E-state index in [0.29, 0.717) is 19.6 Å². The van der Waals surface area contributed by atoms with Gasteiger partial charge >= 0.3 is 0 Å². The lowest BCUT2D eigenvalue weighted by Gasteiger charge is -2.30. The highest BCUT2D eigenvalue weighted by atomic mass is 32.1. The Morgan fingerprint density at radius 3 is 3.22 bits per heavy atom. The van der Waals surface area contributed by atoms with Gasteiger partial charge in [0.2, 0.25) is 5.91 Å². The molecule has 100 valence electrons. The number of carbonyl (C=O) groups excluding carboxylic acids is 1. The Bertz CT molecular complexity index is 369. The Kier molecular flexibility index (Phi) is 5.13. The molecule has 3 nitrogen and oxygen atoms in total. The molecule has 0 saturated carbocycles. The van der Waals surface area contributed by atoms with E-state index in [1.54, 1.807) is 11.3 Å². The zero-order valence-corrected chi connectivity index (χ0v) is 11.2. The quantitative estimate of drug-likeness (QED) is 0.888. The molecular weight excluding hydrogens is 251 g/mol. The molecule has 1 aromatic heterocycles. The minimum Gasteiger partial charge on any atom is -0.350 e. The lowest BCUT2D eigenvalue weighted by Crippen LogP contribution is -2.42. The van der Waals surface area contributed by atoms with Crippen molar-refractivity contribution in [3.05, 3.63) is 22.4 Å². The standard InChI is InChI=1S/C13H19FN2OS/c14-7-11-3-1-5-16(9-11)10-13(17)15-8-12-4-2-6-18-12/h2,4,6,11H,1,3,5,7-10H2,(H,15,17). The van der Waals surface area contributed by atoms with Crippen LogP contribution in [0.1, 0.15) is 17.7 Å². The zero-order chi connectivity index (χ0) is 12.8. The second-order valence-electron chi connectivity index (χ2n) is 4.75. The molecule has 2 rings (SSSR count). The van der Waals surface area contributed by atoms with Crippen LogP contribution < -0.4 is 5.32 Å². The van der Waals surface area contributed by atoms with Crippen LogP contribution in [0.5, 0.6) is 0 Å². The van der Waals surface area contributed by atoms with Crippen molar-refractivity contribution >= 4 is 17.2 Å². The molecule has 2 heterocycles. The van der Waals surface area contributed by atoms with E-state index in [-0.39, 0.29) is 18.5 Å². The second kappa shape index (κ2) is 6.85. The maximum absolute atomic E-state index is 12.6. The van der Waals surface area contributed by atoms with Crippen molar-refractivity contribution in [1.29, 1.82) is 0 Å². The van der Waals surface area contributed by atoms with Gasteiger partial charge in [0.1, 0.15) is 0 Å². The Balaban J connectivity index is 1.70. The summed E-state index contributed by atoms with van der Waals surface area (Å²) in [5.41, 5.74) is 0. The van der Waals surface area contributed by atoms with Gasteiger partial charge in [-0.15, -0.1) is 11.3 Å². The van der Waals surface area contributed by atoms with Crippen LogP contribution in [-0.2, 0) is 11.3 Å². The van der Waals surface area contributed by atoms with E-state index in [9.17, 15) is 9.18 Å². The van der Waals surface area contributed by atoms with E-state index in [4.69, 9.17) is 0 Å². The SMILES string of the molecule is O=C(CN1CCCC(CF)C1)NCc1cccs1. The minimum atomic E-state index is -0.271. The molecule has 1 aliphatic heterocycles. The molecule has 0 spiro atoms. The van der Waals surface area contributed by atoms with Gasteiger partial charge in [-0.25, -0.2) is 0 Å². The Morgan fingerprint density at radius 2 is 2.50 bits per heavy atom. The van der Waals surface area contributed by atoms with Crippen molar-refractivity contribution in [2.24, 2.45) is 5.92 Å². The molecule has 1 aliphatic rings. The van der Waals surface area contributed by atoms with Gasteiger partial charge in [-0.2, -0.15) is 0 Å². The van der Waals surface area contributed by atoms with Crippen molar-refractivity contribution in [3.8, 4) is 0 Å². The van der Waals surface area contributed by atoms with Crippen LogP contribution in [0.2, 0.25) is 0 Å². The molecule has 0 bridgehead atoms. The van der Waals surface area contributed by atoms with Gasteiger partial charge in [-0.05, 0) is 30.8 Å². The lowest BCUT2D eigenvalue weighted by molar-refractivity contribution is -0.122. The number of thiophene rings is 1. The molecule has 1 atom stereocenters. The van der Waals surface area contributed by atoms with Crippen molar-refractivity contribution in [2.45, 2.75) is 19.4 Å². The first-order chi connectivity index (χ1) is 8.78. The average Bonchev–Trinajstić information content (AvgIpc) is 2.90. The number of halogens is 1. The van der Waals surface area contributed by atoms with Gasteiger partial charge < -0.3 is 5.32 Å². The number of carbonyl (C=O) groups is 1. The summed E-state index contributed by atoms with van der Waals surface area (Å²) in [7, 11) is 0. The molecule has 1 saturated heterocycles. The summed E-state index contributed by atoms with van der Waals surface area (Å²) < 4.78 is 12.6. The number of hydrogen-bond acceptors (Lipinski definition) is 3. The van der Waals surface area contributed by atoms with E-state index < -0.39 is 0 Å². The molecule has 1 N–H and O–H groups in total. The molecule has 1 amide bonds. The third-order valence-corrected chi connectivity index (χ3v) is 4.10. The van der Waals surface area contributed by atoms with E-state index in [1.165, 1.54) is 0 Å². The fourth-order valence-corrected chi connectivity index (χ4v) is 2.92. The number of nitrogens with zero attached hydrogens (tertiary/aromatic N) is 1. The van der Waals surface area contributed by atoms with Crippen LogP contribution in [0, 0.1) is 5.92 Å². The third-order valence-electron chi connectivity index (χ3n) is 3.23. The highest BCUT2D eigenvalue weighted by Crippen LogP contribution is 2.16. The van der Waals surface area contributed by atoms with Gasteiger partial charge in [0.15, 0.2) is 0 Å². The first kappa shape index (κ1) is 13.5. The van der Waals surface area contributed by atoms with Crippen molar-refractivity contribution < 1.29 is 9.18 Å². The van der Waals surface area contributed by atoms with Crippen molar-refractivity contribution in [3.63, 3.8) is 0 Å². The summed E-state index contributed by atoms with van der Waals surface area (Å²) in [6.07, 6.45) is 1.94. The zero-order valence-electron chi connectivity index (χ0n) is 10.4. The fourth-order valence-electron chi connectivity index (χ4n) is 2.28. The summed E-state index contributed by atoms with van der Waals surface area (Å²) in [5, 5.41) is 4.90. The topological polar surface area (TPSA) is 32.3 Å². The Morgan fingerprint density at radius 1 is 1.61 bits per heavy atom. The predicted octanol–water partition coefficient (Wildman–Crippen LogP) is 2.05. The number of piperidine rings is 1. The summed E-state index contributed by atoms with van der Waals surface area (Å²) in [5.74, 6) is 0.145. The smallest absolute Gasteiger partial charge is 0.234 e. The number of alkyl halides is 1. The third kappa shape index (κ3) is 4.07. The van der Waals surface area contributed by atoms with Gasteiger partial charge in [0.25, 0.3) is 0 Å². The summed E-state index contributed by atoms with van der Waals surface area (Å²) in [6, 6.07) is 3.98. The van der Waals surface area contributed by atoms with Crippen LogP contribution in [0.3, 0.4) is 0 Å². The fraction of sp³-hybridized carbons (Fsp3) is 0.615. The van der Waals surface area contributed by atoms with Crippen molar-refractivity contribution in [1.82, 2.24) is 10.2 Å². The molecular formula is C13H19FN2OS. The Labute approximate surface area is 111 Å². The molecule has 0 radical (unpaired) electrons. The van der Waals surface area contributed by atoms with Crippen LogP contribution in [0.15, 0.2) is 17.5 Å². The second-order valence-corrected chi connectivity index (χ2v) is 5.79. The lowest BCUT2D eigenvalue weighted by atomic mass is 10.00. The molecule has 18 heavy (non-hydrogen) atoms.